The van der Waals surface area contributed by atoms with Crippen LogP contribution in [0, 0.1) is 11.3 Å². The number of hydrogen-bond donors (Lipinski definition) is 1. The first kappa shape index (κ1) is 14.3. The highest BCUT2D eigenvalue weighted by Gasteiger charge is 2.19. The van der Waals surface area contributed by atoms with Crippen molar-refractivity contribution in [1.29, 1.82) is 5.26 Å². The number of ether oxygens (including phenoxy) is 1. The summed E-state index contributed by atoms with van der Waals surface area (Å²) in [4.78, 5) is 24.1. The van der Waals surface area contributed by atoms with Crippen molar-refractivity contribution in [2.24, 2.45) is 0 Å². The summed E-state index contributed by atoms with van der Waals surface area (Å²) in [5, 5.41) is 22.9. The highest BCUT2D eigenvalue weighted by atomic mass is 16.5. The molecule has 0 radical (unpaired) electrons. The predicted octanol–water partition coefficient (Wildman–Crippen LogP) is 0.849. The summed E-state index contributed by atoms with van der Waals surface area (Å²) in [5.74, 6) is -1.25. The normalized spacial score (nSPS) is 10.4. The number of esters is 1. The molecule has 0 saturated carbocycles. The molecule has 1 N–H and O–H groups in total. The zero-order valence-electron chi connectivity index (χ0n) is 11.9. The lowest BCUT2D eigenvalue weighted by Crippen LogP contribution is -2.20. The molecule has 0 atom stereocenters. The molecule has 0 aromatic carbocycles. The summed E-state index contributed by atoms with van der Waals surface area (Å²) < 4.78 is 6.84. The van der Waals surface area contributed by atoms with E-state index >= 15 is 0 Å². The molecule has 0 aliphatic carbocycles. The SMILES string of the molecule is COC(=O)c1nn(-c2cc(C#N)c3ccccn3c2=O)cc1O. The Balaban J connectivity index is 2.30. The highest BCUT2D eigenvalue weighted by Crippen LogP contribution is 2.19. The fourth-order valence-electron chi connectivity index (χ4n) is 2.22. The maximum atomic E-state index is 12.6. The molecule has 0 amide bonds. The van der Waals surface area contributed by atoms with Crippen LogP contribution in [0.15, 0.2) is 41.5 Å². The van der Waals surface area contributed by atoms with Gasteiger partial charge in [-0.05, 0) is 18.2 Å². The quantitative estimate of drug-likeness (QED) is 0.703. The van der Waals surface area contributed by atoms with E-state index in [0.717, 1.165) is 18.0 Å². The molecule has 0 spiro atoms. The van der Waals surface area contributed by atoms with Crippen LogP contribution in [0.3, 0.4) is 0 Å². The van der Waals surface area contributed by atoms with Gasteiger partial charge in [0.1, 0.15) is 11.8 Å². The minimum atomic E-state index is -0.831. The van der Waals surface area contributed by atoms with E-state index in [1.807, 2.05) is 6.07 Å². The highest BCUT2D eigenvalue weighted by molar-refractivity contribution is 5.90. The number of pyridine rings is 2. The van der Waals surface area contributed by atoms with E-state index < -0.39 is 17.3 Å². The average molecular weight is 310 g/mol. The lowest BCUT2D eigenvalue weighted by atomic mass is 10.2. The Morgan fingerprint density at radius 3 is 2.91 bits per heavy atom. The van der Waals surface area contributed by atoms with E-state index in [1.165, 1.54) is 16.7 Å². The summed E-state index contributed by atoms with van der Waals surface area (Å²) in [6.07, 6.45) is 2.63. The molecule has 0 aliphatic heterocycles. The molecule has 0 unspecified atom stereocenters. The Morgan fingerprint density at radius 1 is 1.43 bits per heavy atom. The minimum Gasteiger partial charge on any atom is -0.504 e. The third kappa shape index (κ3) is 2.20. The van der Waals surface area contributed by atoms with Crippen LogP contribution >= 0.6 is 0 Å². The number of carbonyl (C=O) groups excluding carboxylic acids is 1. The van der Waals surface area contributed by atoms with E-state index in [0.29, 0.717) is 5.52 Å². The number of nitrogens with zero attached hydrogens (tertiary/aromatic N) is 4. The lowest BCUT2D eigenvalue weighted by molar-refractivity contribution is 0.0590. The molecule has 8 heteroatoms. The van der Waals surface area contributed by atoms with Gasteiger partial charge in [-0.15, -0.1) is 0 Å². The Hall–Kier alpha value is -3.60. The van der Waals surface area contributed by atoms with Gasteiger partial charge in [0.25, 0.3) is 5.56 Å². The number of aromatic nitrogens is 3. The topological polar surface area (TPSA) is 110 Å². The smallest absolute Gasteiger partial charge is 0.362 e. The van der Waals surface area contributed by atoms with Crippen LogP contribution in [0.2, 0.25) is 0 Å². The summed E-state index contributed by atoms with van der Waals surface area (Å²) in [6.45, 7) is 0. The number of nitriles is 1. The standard InChI is InChI=1S/C15H10N4O4/c1-23-15(22)13-12(20)8-19(17-13)11-6-9(7-16)10-4-2-3-5-18(10)14(11)21/h2-6,8,20H,1H3. The fraction of sp³-hybridized carbons (Fsp3) is 0.0667. The maximum absolute atomic E-state index is 12.6. The van der Waals surface area contributed by atoms with Crippen LogP contribution in [0.1, 0.15) is 16.1 Å². The van der Waals surface area contributed by atoms with Crippen LogP contribution in [0.4, 0.5) is 0 Å². The van der Waals surface area contributed by atoms with Gasteiger partial charge in [-0.25, -0.2) is 9.48 Å². The van der Waals surface area contributed by atoms with Gasteiger partial charge in [-0.2, -0.15) is 10.4 Å². The molecule has 3 heterocycles. The second-order valence-electron chi connectivity index (χ2n) is 4.62. The maximum Gasteiger partial charge on any atom is 0.362 e. The first-order valence-corrected chi connectivity index (χ1v) is 6.48. The number of aromatic hydroxyl groups is 1. The molecule has 3 aromatic rings. The average Bonchev–Trinajstić information content (AvgIpc) is 2.96. The van der Waals surface area contributed by atoms with Crippen molar-refractivity contribution in [2.45, 2.75) is 0 Å². The zero-order chi connectivity index (χ0) is 16.6. The fourth-order valence-corrected chi connectivity index (χ4v) is 2.22. The summed E-state index contributed by atoms with van der Waals surface area (Å²) >= 11 is 0. The van der Waals surface area contributed by atoms with Crippen molar-refractivity contribution in [3.05, 3.63) is 58.3 Å². The largest absolute Gasteiger partial charge is 0.504 e. The molecule has 3 aromatic heterocycles. The molecule has 0 bridgehead atoms. The zero-order valence-corrected chi connectivity index (χ0v) is 11.9. The van der Waals surface area contributed by atoms with Crippen LogP contribution in [-0.4, -0.2) is 32.4 Å². The summed E-state index contributed by atoms with van der Waals surface area (Å²) in [7, 11) is 1.15. The molecule has 0 aliphatic rings. The molecule has 8 nitrogen and oxygen atoms in total. The van der Waals surface area contributed by atoms with Crippen LogP contribution in [0.25, 0.3) is 11.2 Å². The van der Waals surface area contributed by atoms with Crippen molar-refractivity contribution in [3.63, 3.8) is 0 Å². The number of methoxy groups -OCH3 is 1. The molecule has 0 fully saturated rings. The van der Waals surface area contributed by atoms with Crippen molar-refractivity contribution in [1.82, 2.24) is 14.2 Å². The van der Waals surface area contributed by atoms with E-state index in [1.54, 1.807) is 18.2 Å². The second kappa shape index (κ2) is 5.31. The lowest BCUT2D eigenvalue weighted by Gasteiger charge is -2.06. The molecule has 114 valence electrons. The molecular weight excluding hydrogens is 300 g/mol. The van der Waals surface area contributed by atoms with Gasteiger partial charge in [0.05, 0.1) is 24.4 Å². The third-order valence-corrected chi connectivity index (χ3v) is 3.30. The van der Waals surface area contributed by atoms with Crippen molar-refractivity contribution in [2.75, 3.05) is 7.11 Å². The number of carbonyl (C=O) groups is 1. The second-order valence-corrected chi connectivity index (χ2v) is 4.62. The van der Waals surface area contributed by atoms with Gasteiger partial charge in [-0.3, -0.25) is 9.20 Å². The van der Waals surface area contributed by atoms with E-state index in [9.17, 15) is 20.0 Å². The Kier molecular flexibility index (Phi) is 3.31. The Labute approximate surface area is 129 Å². The molecule has 3 rings (SSSR count). The van der Waals surface area contributed by atoms with E-state index in [2.05, 4.69) is 9.84 Å². The van der Waals surface area contributed by atoms with E-state index in [-0.39, 0.29) is 16.9 Å². The van der Waals surface area contributed by atoms with Crippen LogP contribution < -0.4 is 5.56 Å². The first-order valence-electron chi connectivity index (χ1n) is 6.48. The van der Waals surface area contributed by atoms with Gasteiger partial charge in [-0.1, -0.05) is 6.07 Å². The Morgan fingerprint density at radius 2 is 2.22 bits per heavy atom. The summed E-state index contributed by atoms with van der Waals surface area (Å²) in [5.41, 5.74) is -0.0269. The van der Waals surface area contributed by atoms with Crippen molar-refractivity contribution >= 4 is 11.5 Å². The van der Waals surface area contributed by atoms with Gasteiger partial charge in [0.2, 0.25) is 5.69 Å². The third-order valence-electron chi connectivity index (χ3n) is 3.30. The first-order chi connectivity index (χ1) is 11.1. The van der Waals surface area contributed by atoms with Crippen molar-refractivity contribution < 1.29 is 14.6 Å². The van der Waals surface area contributed by atoms with Crippen LogP contribution in [-0.2, 0) is 4.74 Å². The van der Waals surface area contributed by atoms with Crippen LogP contribution in [0.5, 0.6) is 5.75 Å². The molecule has 0 saturated heterocycles. The Bertz CT molecular complexity index is 1030. The molecule has 23 heavy (non-hydrogen) atoms. The summed E-state index contributed by atoms with van der Waals surface area (Å²) in [6, 6.07) is 8.37. The molecular formula is C15H10N4O4. The van der Waals surface area contributed by atoms with Gasteiger partial charge in [0.15, 0.2) is 5.75 Å². The number of fused-ring (bicyclic) bond motifs is 1. The predicted molar refractivity (Wildman–Crippen MR) is 78.5 cm³/mol. The van der Waals surface area contributed by atoms with Gasteiger partial charge < -0.3 is 9.84 Å². The van der Waals surface area contributed by atoms with Crippen molar-refractivity contribution in [3.8, 4) is 17.5 Å². The number of rotatable bonds is 2. The number of hydrogen-bond acceptors (Lipinski definition) is 6. The monoisotopic (exact) mass is 310 g/mol. The van der Waals surface area contributed by atoms with Gasteiger partial charge >= 0.3 is 5.97 Å². The minimum absolute atomic E-state index is 0.0238. The van der Waals surface area contributed by atoms with E-state index in [4.69, 9.17) is 0 Å². The van der Waals surface area contributed by atoms with Gasteiger partial charge in [0, 0.05) is 6.20 Å².